The summed E-state index contributed by atoms with van der Waals surface area (Å²) >= 11 is 1.68. The SMILES string of the molecule is CCN(Cc1ccccc1)c1ncnc2scc(-c3ccc(-c4ccccc4)cc3)c12. The Balaban J connectivity index is 1.55. The van der Waals surface area contributed by atoms with Gasteiger partial charge in [0.25, 0.3) is 0 Å². The molecular formula is C27H23N3S. The highest BCUT2D eigenvalue weighted by atomic mass is 32.1. The van der Waals surface area contributed by atoms with Gasteiger partial charge in [-0.15, -0.1) is 11.3 Å². The highest BCUT2D eigenvalue weighted by Crippen LogP contribution is 2.38. The van der Waals surface area contributed by atoms with Gasteiger partial charge in [0, 0.05) is 24.0 Å². The average molecular weight is 422 g/mol. The van der Waals surface area contributed by atoms with Gasteiger partial charge >= 0.3 is 0 Å². The first-order valence-electron chi connectivity index (χ1n) is 10.5. The fourth-order valence-corrected chi connectivity index (χ4v) is 4.84. The number of thiophene rings is 1. The largest absolute Gasteiger partial charge is 0.352 e. The van der Waals surface area contributed by atoms with Gasteiger partial charge in [0.15, 0.2) is 0 Å². The smallest absolute Gasteiger partial charge is 0.141 e. The maximum absolute atomic E-state index is 4.72. The monoisotopic (exact) mass is 421 g/mol. The minimum atomic E-state index is 0.825. The molecule has 0 amide bonds. The van der Waals surface area contributed by atoms with Gasteiger partial charge in [-0.1, -0.05) is 84.9 Å². The maximum atomic E-state index is 4.72. The van der Waals surface area contributed by atoms with Gasteiger partial charge < -0.3 is 4.90 Å². The van der Waals surface area contributed by atoms with Crippen LogP contribution in [-0.4, -0.2) is 16.5 Å². The predicted octanol–water partition coefficient (Wildman–Crippen LogP) is 7.05. The lowest BCUT2D eigenvalue weighted by Crippen LogP contribution is -2.23. The van der Waals surface area contributed by atoms with Gasteiger partial charge in [-0.3, -0.25) is 0 Å². The molecule has 4 heteroatoms. The van der Waals surface area contributed by atoms with Crippen LogP contribution in [0.3, 0.4) is 0 Å². The molecule has 5 aromatic rings. The number of aromatic nitrogens is 2. The van der Waals surface area contributed by atoms with Crippen LogP contribution in [0, 0.1) is 0 Å². The van der Waals surface area contributed by atoms with Crippen LogP contribution in [-0.2, 0) is 6.54 Å². The predicted molar refractivity (Wildman–Crippen MR) is 131 cm³/mol. The summed E-state index contributed by atoms with van der Waals surface area (Å²) in [6.07, 6.45) is 1.68. The zero-order chi connectivity index (χ0) is 21.0. The quantitative estimate of drug-likeness (QED) is 0.294. The van der Waals surface area contributed by atoms with E-state index in [0.717, 1.165) is 29.1 Å². The molecule has 0 bridgehead atoms. The van der Waals surface area contributed by atoms with Gasteiger partial charge in [0.1, 0.15) is 17.0 Å². The van der Waals surface area contributed by atoms with Crippen LogP contribution in [0.25, 0.3) is 32.5 Å². The van der Waals surface area contributed by atoms with Crippen LogP contribution < -0.4 is 4.90 Å². The first kappa shape index (κ1) is 19.5. The summed E-state index contributed by atoms with van der Waals surface area (Å²) in [5.74, 6) is 1.000. The van der Waals surface area contributed by atoms with Crippen LogP contribution in [0.1, 0.15) is 12.5 Å². The van der Waals surface area contributed by atoms with Crippen LogP contribution in [0.2, 0.25) is 0 Å². The Hall–Kier alpha value is -3.50. The topological polar surface area (TPSA) is 29.0 Å². The molecule has 3 nitrogen and oxygen atoms in total. The van der Waals surface area contributed by atoms with Gasteiger partial charge in [-0.05, 0) is 29.2 Å². The van der Waals surface area contributed by atoms with E-state index in [1.165, 1.54) is 27.8 Å². The number of rotatable bonds is 6. The third-order valence-electron chi connectivity index (χ3n) is 5.55. The number of benzene rings is 3. The van der Waals surface area contributed by atoms with E-state index < -0.39 is 0 Å². The molecule has 0 aliphatic rings. The van der Waals surface area contributed by atoms with E-state index in [4.69, 9.17) is 4.98 Å². The second kappa shape index (κ2) is 8.70. The van der Waals surface area contributed by atoms with Crippen molar-refractivity contribution in [2.75, 3.05) is 11.4 Å². The highest BCUT2D eigenvalue weighted by molar-refractivity contribution is 7.17. The van der Waals surface area contributed by atoms with Crippen LogP contribution in [0.4, 0.5) is 5.82 Å². The number of fused-ring (bicyclic) bond motifs is 1. The molecule has 2 aromatic heterocycles. The molecule has 0 unspecified atom stereocenters. The molecule has 152 valence electrons. The summed E-state index contributed by atoms with van der Waals surface area (Å²) in [5, 5.41) is 3.34. The zero-order valence-electron chi connectivity index (χ0n) is 17.4. The van der Waals surface area contributed by atoms with E-state index in [1.807, 2.05) is 6.07 Å². The normalized spacial score (nSPS) is 11.0. The summed E-state index contributed by atoms with van der Waals surface area (Å²) in [7, 11) is 0. The molecule has 5 rings (SSSR count). The molecule has 0 fully saturated rings. The lowest BCUT2D eigenvalue weighted by Gasteiger charge is -2.23. The minimum absolute atomic E-state index is 0.825. The minimum Gasteiger partial charge on any atom is -0.352 e. The molecule has 0 saturated carbocycles. The van der Waals surface area contributed by atoms with Gasteiger partial charge in [-0.2, -0.15) is 0 Å². The second-order valence-corrected chi connectivity index (χ2v) is 8.33. The summed E-state index contributed by atoms with van der Waals surface area (Å²) in [5.41, 5.74) is 6.12. The highest BCUT2D eigenvalue weighted by Gasteiger charge is 2.17. The first-order valence-corrected chi connectivity index (χ1v) is 11.4. The van der Waals surface area contributed by atoms with Crippen LogP contribution >= 0.6 is 11.3 Å². The van der Waals surface area contributed by atoms with Crippen molar-refractivity contribution in [3.05, 3.63) is 102 Å². The maximum Gasteiger partial charge on any atom is 0.141 e. The summed E-state index contributed by atoms with van der Waals surface area (Å²) in [6, 6.07) is 29.8. The Morgan fingerprint density at radius 3 is 2.10 bits per heavy atom. The van der Waals surface area contributed by atoms with Crippen molar-refractivity contribution in [3.63, 3.8) is 0 Å². The molecule has 0 saturated heterocycles. The molecule has 0 spiro atoms. The van der Waals surface area contributed by atoms with E-state index in [9.17, 15) is 0 Å². The van der Waals surface area contributed by atoms with E-state index >= 15 is 0 Å². The van der Waals surface area contributed by atoms with Crippen molar-refractivity contribution in [3.8, 4) is 22.3 Å². The summed E-state index contributed by atoms with van der Waals surface area (Å²) < 4.78 is 0. The number of nitrogens with zero attached hydrogens (tertiary/aromatic N) is 3. The third-order valence-corrected chi connectivity index (χ3v) is 6.44. The lowest BCUT2D eigenvalue weighted by molar-refractivity contribution is 0.817. The zero-order valence-corrected chi connectivity index (χ0v) is 18.2. The fourth-order valence-electron chi connectivity index (χ4n) is 3.92. The summed E-state index contributed by atoms with van der Waals surface area (Å²) in [4.78, 5) is 12.6. The number of anilines is 1. The Kier molecular flexibility index (Phi) is 5.46. The second-order valence-electron chi connectivity index (χ2n) is 7.47. The standard InChI is InChI=1S/C27H23N3S/c1-2-30(17-20-9-5-3-6-10-20)26-25-24(18-31-27(25)29-19-28-26)23-15-13-22(14-16-23)21-11-7-4-8-12-21/h3-16,18-19H,2,17H2,1H3. The Morgan fingerprint density at radius 2 is 1.39 bits per heavy atom. The van der Waals surface area contributed by atoms with Gasteiger partial charge in [-0.25, -0.2) is 9.97 Å². The Bertz CT molecular complexity index is 1280. The number of hydrogen-bond acceptors (Lipinski definition) is 4. The average Bonchev–Trinajstić information content (AvgIpc) is 3.28. The van der Waals surface area contributed by atoms with Crippen molar-refractivity contribution >= 4 is 27.4 Å². The molecule has 0 N–H and O–H groups in total. The third kappa shape index (κ3) is 3.94. The van der Waals surface area contributed by atoms with E-state index in [1.54, 1.807) is 17.7 Å². The summed E-state index contributed by atoms with van der Waals surface area (Å²) in [6.45, 7) is 3.88. The Labute approximate surface area is 186 Å². The van der Waals surface area contributed by atoms with E-state index in [0.29, 0.717) is 0 Å². The van der Waals surface area contributed by atoms with Gasteiger partial charge in [0.2, 0.25) is 0 Å². The molecule has 0 aliphatic carbocycles. The van der Waals surface area contributed by atoms with Crippen molar-refractivity contribution < 1.29 is 0 Å². The van der Waals surface area contributed by atoms with Crippen LogP contribution in [0.5, 0.6) is 0 Å². The van der Waals surface area contributed by atoms with Crippen LogP contribution in [0.15, 0.2) is 96.6 Å². The molecule has 3 aromatic carbocycles. The number of hydrogen-bond donors (Lipinski definition) is 0. The molecule has 31 heavy (non-hydrogen) atoms. The molecule has 0 radical (unpaired) electrons. The molecule has 0 atom stereocenters. The van der Waals surface area contributed by atoms with Crippen molar-refractivity contribution in [2.24, 2.45) is 0 Å². The van der Waals surface area contributed by atoms with E-state index in [2.05, 4.69) is 101 Å². The first-order chi connectivity index (χ1) is 15.3. The van der Waals surface area contributed by atoms with Gasteiger partial charge in [0.05, 0.1) is 5.39 Å². The Morgan fingerprint density at radius 1 is 0.742 bits per heavy atom. The molecule has 2 heterocycles. The van der Waals surface area contributed by atoms with E-state index in [-0.39, 0.29) is 0 Å². The molecule has 0 aliphatic heterocycles. The fraction of sp³-hybridized carbons (Fsp3) is 0.111. The van der Waals surface area contributed by atoms with Crippen molar-refractivity contribution in [2.45, 2.75) is 13.5 Å². The lowest BCUT2D eigenvalue weighted by atomic mass is 10.0. The van der Waals surface area contributed by atoms with Crippen molar-refractivity contribution in [1.29, 1.82) is 0 Å². The van der Waals surface area contributed by atoms with Crippen molar-refractivity contribution in [1.82, 2.24) is 9.97 Å². The molecular weight excluding hydrogens is 398 g/mol.